The number of rotatable bonds is 7. The predicted octanol–water partition coefficient (Wildman–Crippen LogP) is 1.76. The quantitative estimate of drug-likeness (QED) is 0.431. The summed E-state index contributed by atoms with van der Waals surface area (Å²) >= 11 is 0. The number of aliphatic carboxylic acids is 1. The molecule has 9 nitrogen and oxygen atoms in total. The van der Waals surface area contributed by atoms with Crippen LogP contribution in [-0.2, 0) is 26.2 Å². The summed E-state index contributed by atoms with van der Waals surface area (Å²) < 4.78 is 45.5. The standard InChI is InChI=1S/C20H21FN2O7S/c21-15-3-1-13(2-4-15)12-30-16-5-7-17(8-6-16)31(28,29)23-10-9-14(20(25)26)11-18(23)19(24)22-27/h1-8,14,18,27H,9-12H2,(H,22,24)(H,25,26). The van der Waals surface area contributed by atoms with E-state index < -0.39 is 33.9 Å². The number of sulfonamides is 1. The van der Waals surface area contributed by atoms with Gasteiger partial charge in [0.1, 0.15) is 24.2 Å². The molecule has 1 fully saturated rings. The smallest absolute Gasteiger partial charge is 0.306 e. The molecule has 0 aliphatic carbocycles. The number of nitrogens with zero attached hydrogens (tertiary/aromatic N) is 1. The van der Waals surface area contributed by atoms with Crippen molar-refractivity contribution < 1.29 is 37.4 Å². The van der Waals surface area contributed by atoms with Gasteiger partial charge in [-0.25, -0.2) is 18.3 Å². The van der Waals surface area contributed by atoms with E-state index in [-0.39, 0.29) is 36.7 Å². The Kier molecular flexibility index (Phi) is 6.88. The maximum Gasteiger partial charge on any atom is 0.306 e. The second-order valence-corrected chi connectivity index (χ2v) is 8.94. The Morgan fingerprint density at radius 2 is 1.77 bits per heavy atom. The number of hydrogen-bond acceptors (Lipinski definition) is 6. The average molecular weight is 452 g/mol. The lowest BCUT2D eigenvalue weighted by Gasteiger charge is -2.35. The maximum absolute atomic E-state index is 13.1. The monoisotopic (exact) mass is 452 g/mol. The van der Waals surface area contributed by atoms with Crippen LogP contribution in [0.4, 0.5) is 4.39 Å². The van der Waals surface area contributed by atoms with E-state index in [1.54, 1.807) is 12.1 Å². The predicted molar refractivity (Wildman–Crippen MR) is 105 cm³/mol. The molecule has 2 aromatic rings. The Hall–Kier alpha value is -3.02. The van der Waals surface area contributed by atoms with Crippen molar-refractivity contribution in [1.29, 1.82) is 0 Å². The fourth-order valence-corrected chi connectivity index (χ4v) is 4.97. The summed E-state index contributed by atoms with van der Waals surface area (Å²) in [7, 11) is -4.13. The summed E-state index contributed by atoms with van der Waals surface area (Å²) in [5.41, 5.74) is 2.14. The van der Waals surface area contributed by atoms with Crippen LogP contribution in [0.25, 0.3) is 0 Å². The van der Waals surface area contributed by atoms with Crippen molar-refractivity contribution in [2.45, 2.75) is 30.4 Å². The molecule has 1 heterocycles. The summed E-state index contributed by atoms with van der Waals surface area (Å²) in [5.74, 6) is -2.99. The van der Waals surface area contributed by atoms with Gasteiger partial charge in [-0.2, -0.15) is 4.31 Å². The highest BCUT2D eigenvalue weighted by molar-refractivity contribution is 7.89. The third-order valence-corrected chi connectivity index (χ3v) is 6.99. The molecule has 0 radical (unpaired) electrons. The largest absolute Gasteiger partial charge is 0.489 e. The van der Waals surface area contributed by atoms with E-state index in [2.05, 4.69) is 0 Å². The van der Waals surface area contributed by atoms with E-state index in [1.165, 1.54) is 41.9 Å². The van der Waals surface area contributed by atoms with Crippen LogP contribution >= 0.6 is 0 Å². The zero-order chi connectivity index (χ0) is 22.6. The minimum atomic E-state index is -4.13. The third-order valence-electron chi connectivity index (χ3n) is 5.06. The van der Waals surface area contributed by atoms with Crippen molar-refractivity contribution in [1.82, 2.24) is 9.79 Å². The van der Waals surface area contributed by atoms with E-state index in [0.29, 0.717) is 5.75 Å². The Morgan fingerprint density at radius 3 is 2.35 bits per heavy atom. The van der Waals surface area contributed by atoms with E-state index in [4.69, 9.17) is 9.94 Å². The molecule has 1 aliphatic heterocycles. The number of carbonyl (C=O) groups excluding carboxylic acids is 1. The van der Waals surface area contributed by atoms with E-state index in [0.717, 1.165) is 9.87 Å². The Balaban J connectivity index is 1.74. The average Bonchev–Trinajstić information content (AvgIpc) is 2.78. The van der Waals surface area contributed by atoms with Crippen molar-refractivity contribution in [3.63, 3.8) is 0 Å². The molecular formula is C20H21FN2O7S. The molecule has 0 saturated carbocycles. The molecule has 0 spiro atoms. The molecule has 11 heteroatoms. The molecule has 31 heavy (non-hydrogen) atoms. The second-order valence-electron chi connectivity index (χ2n) is 7.05. The van der Waals surface area contributed by atoms with Gasteiger partial charge < -0.3 is 9.84 Å². The van der Waals surface area contributed by atoms with Gasteiger partial charge in [-0.15, -0.1) is 0 Å². The van der Waals surface area contributed by atoms with Gasteiger partial charge in [0.15, 0.2) is 0 Å². The molecule has 1 amide bonds. The molecule has 2 unspecified atom stereocenters. The van der Waals surface area contributed by atoms with Crippen LogP contribution in [0.5, 0.6) is 5.75 Å². The van der Waals surface area contributed by atoms with Crippen LogP contribution in [0.3, 0.4) is 0 Å². The molecule has 0 bridgehead atoms. The van der Waals surface area contributed by atoms with Crippen molar-refractivity contribution in [3.8, 4) is 5.75 Å². The summed E-state index contributed by atoms with van der Waals surface area (Å²) in [6.45, 7) is -0.0198. The summed E-state index contributed by atoms with van der Waals surface area (Å²) in [4.78, 5) is 23.2. The van der Waals surface area contributed by atoms with Crippen molar-refractivity contribution in [2.24, 2.45) is 5.92 Å². The number of carbonyl (C=O) groups is 2. The van der Waals surface area contributed by atoms with Gasteiger partial charge in [0, 0.05) is 6.54 Å². The van der Waals surface area contributed by atoms with Gasteiger partial charge in [-0.1, -0.05) is 12.1 Å². The summed E-state index contributed by atoms with van der Waals surface area (Å²) in [6, 6.07) is 9.92. The van der Waals surface area contributed by atoms with Crippen LogP contribution in [0.15, 0.2) is 53.4 Å². The lowest BCUT2D eigenvalue weighted by Crippen LogP contribution is -2.53. The highest BCUT2D eigenvalue weighted by atomic mass is 32.2. The van der Waals surface area contributed by atoms with Crippen LogP contribution in [0.1, 0.15) is 18.4 Å². The number of hydroxylamine groups is 1. The lowest BCUT2D eigenvalue weighted by molar-refractivity contribution is -0.145. The van der Waals surface area contributed by atoms with Crippen molar-refractivity contribution >= 4 is 21.9 Å². The highest BCUT2D eigenvalue weighted by Crippen LogP contribution is 2.30. The molecule has 1 aliphatic rings. The first kappa shape index (κ1) is 22.7. The minimum absolute atomic E-state index is 0.0443. The zero-order valence-electron chi connectivity index (χ0n) is 16.3. The fourth-order valence-electron chi connectivity index (χ4n) is 3.36. The van der Waals surface area contributed by atoms with Gasteiger partial charge in [0.2, 0.25) is 10.0 Å². The van der Waals surface area contributed by atoms with Gasteiger partial charge in [0.05, 0.1) is 10.8 Å². The minimum Gasteiger partial charge on any atom is -0.489 e. The topological polar surface area (TPSA) is 133 Å². The van der Waals surface area contributed by atoms with Gasteiger partial charge in [-0.3, -0.25) is 14.8 Å². The highest BCUT2D eigenvalue weighted by Gasteiger charge is 2.42. The van der Waals surface area contributed by atoms with E-state index in [9.17, 15) is 27.5 Å². The molecule has 166 valence electrons. The van der Waals surface area contributed by atoms with E-state index in [1.807, 2.05) is 0 Å². The van der Waals surface area contributed by atoms with Crippen molar-refractivity contribution in [3.05, 3.63) is 59.9 Å². The number of halogens is 1. The van der Waals surface area contributed by atoms with Gasteiger partial charge >= 0.3 is 5.97 Å². The molecule has 3 N–H and O–H groups in total. The number of ether oxygens (including phenoxy) is 1. The third kappa shape index (κ3) is 5.19. The van der Waals surface area contributed by atoms with Crippen LogP contribution < -0.4 is 10.2 Å². The van der Waals surface area contributed by atoms with Crippen LogP contribution in [0, 0.1) is 11.7 Å². The number of hydrogen-bond donors (Lipinski definition) is 3. The number of benzene rings is 2. The molecule has 1 saturated heterocycles. The lowest BCUT2D eigenvalue weighted by atomic mass is 9.92. The van der Waals surface area contributed by atoms with Crippen molar-refractivity contribution in [2.75, 3.05) is 6.54 Å². The molecular weight excluding hydrogens is 431 g/mol. The first-order valence-corrected chi connectivity index (χ1v) is 10.8. The zero-order valence-corrected chi connectivity index (χ0v) is 17.1. The fraction of sp³-hybridized carbons (Fsp3) is 0.300. The number of carboxylic acids is 1. The molecule has 2 atom stereocenters. The number of piperidine rings is 1. The van der Waals surface area contributed by atoms with E-state index >= 15 is 0 Å². The summed E-state index contributed by atoms with van der Waals surface area (Å²) in [5, 5.41) is 18.2. The van der Waals surface area contributed by atoms with Crippen LogP contribution in [0.2, 0.25) is 0 Å². The van der Waals surface area contributed by atoms with Gasteiger partial charge in [-0.05, 0) is 54.8 Å². The van der Waals surface area contributed by atoms with Crippen LogP contribution in [-0.4, -0.2) is 47.5 Å². The Labute approximate surface area is 178 Å². The normalized spacial score (nSPS) is 19.5. The Morgan fingerprint density at radius 1 is 1.13 bits per heavy atom. The second kappa shape index (κ2) is 9.41. The SMILES string of the molecule is O=C(O)C1CCN(S(=O)(=O)c2ccc(OCc3ccc(F)cc3)cc2)C(C(=O)NO)C1. The maximum atomic E-state index is 13.1. The van der Waals surface area contributed by atoms with Gasteiger partial charge in [0.25, 0.3) is 5.91 Å². The summed E-state index contributed by atoms with van der Waals surface area (Å²) in [6.07, 6.45) is -0.206. The first-order valence-electron chi connectivity index (χ1n) is 9.38. The number of amides is 1. The molecule has 3 rings (SSSR count). The number of nitrogens with one attached hydrogen (secondary N) is 1. The number of carboxylic acid groups (broad SMARTS) is 1. The molecule has 0 aromatic heterocycles. The Bertz CT molecular complexity index is 1040. The first-order chi connectivity index (χ1) is 14.7. The molecule has 2 aromatic carbocycles.